The molecule has 0 spiro atoms. The molecule has 0 aromatic heterocycles. The van der Waals surface area contributed by atoms with Crippen LogP contribution in [-0.4, -0.2) is 55.1 Å². The SMILES string of the molecule is CCOC(NC(C)=O)(OCC)C(OCC)(OCC)C(=O)O. The summed E-state index contributed by atoms with van der Waals surface area (Å²) in [6.45, 7) is 7.91. The molecule has 0 atom stereocenters. The molecule has 2 N–H and O–H groups in total. The number of hydrogen-bond donors (Lipinski definition) is 2. The van der Waals surface area contributed by atoms with Crippen LogP contribution in [0.15, 0.2) is 0 Å². The second-order valence-electron chi connectivity index (χ2n) is 3.95. The Morgan fingerprint density at radius 2 is 1.29 bits per heavy atom. The number of carboxylic acid groups (broad SMARTS) is 1. The minimum absolute atomic E-state index is 0.0216. The third kappa shape index (κ3) is 4.37. The average molecular weight is 307 g/mol. The van der Waals surface area contributed by atoms with Crippen molar-refractivity contribution in [1.82, 2.24) is 5.32 Å². The molecule has 0 aromatic carbocycles. The Bertz CT molecular complexity index is 333. The molecule has 0 bridgehead atoms. The van der Waals surface area contributed by atoms with Gasteiger partial charge in [0, 0.05) is 33.4 Å². The maximum atomic E-state index is 11.8. The minimum Gasteiger partial charge on any atom is -0.477 e. The molecule has 0 aliphatic carbocycles. The van der Waals surface area contributed by atoms with Gasteiger partial charge in [-0.25, -0.2) is 4.79 Å². The number of nitrogens with one attached hydrogen (secondary N) is 1. The molecule has 0 aromatic rings. The van der Waals surface area contributed by atoms with Crippen LogP contribution in [0.3, 0.4) is 0 Å². The summed E-state index contributed by atoms with van der Waals surface area (Å²) in [5, 5.41) is 12.0. The molecule has 0 aliphatic rings. The van der Waals surface area contributed by atoms with Gasteiger partial charge in [0.05, 0.1) is 0 Å². The van der Waals surface area contributed by atoms with E-state index in [1.165, 1.54) is 6.92 Å². The molecular formula is C13H25NO7. The van der Waals surface area contributed by atoms with Crippen LogP contribution < -0.4 is 5.32 Å². The Hall–Kier alpha value is -1.22. The van der Waals surface area contributed by atoms with Crippen molar-refractivity contribution in [2.45, 2.75) is 46.3 Å². The highest BCUT2D eigenvalue weighted by Gasteiger charge is 2.64. The summed E-state index contributed by atoms with van der Waals surface area (Å²) >= 11 is 0. The first-order chi connectivity index (χ1) is 9.85. The van der Waals surface area contributed by atoms with Crippen molar-refractivity contribution in [1.29, 1.82) is 0 Å². The van der Waals surface area contributed by atoms with Gasteiger partial charge in [0.25, 0.3) is 0 Å². The maximum Gasteiger partial charge on any atom is 0.372 e. The highest BCUT2D eigenvalue weighted by atomic mass is 16.8. The monoisotopic (exact) mass is 307 g/mol. The van der Waals surface area contributed by atoms with E-state index in [1.807, 2.05) is 0 Å². The predicted molar refractivity (Wildman–Crippen MR) is 73.4 cm³/mol. The summed E-state index contributed by atoms with van der Waals surface area (Å²) in [5.74, 6) is -6.39. The van der Waals surface area contributed by atoms with Crippen LogP contribution >= 0.6 is 0 Å². The number of aliphatic carboxylic acids is 1. The third-order valence-corrected chi connectivity index (χ3v) is 2.45. The quantitative estimate of drug-likeness (QED) is 0.542. The standard InChI is InChI=1S/C13H25NO7/c1-6-18-12(11(16)17,19-7-2)13(20-8-3,21-9-4)14-10(5)15/h6-9H2,1-5H3,(H,14,15)(H,16,17). The van der Waals surface area contributed by atoms with E-state index in [0.717, 1.165) is 0 Å². The summed E-state index contributed by atoms with van der Waals surface area (Å²) in [5.41, 5.74) is 0. The predicted octanol–water partition coefficient (Wildman–Crippen LogP) is 0.703. The smallest absolute Gasteiger partial charge is 0.372 e. The first-order valence-electron chi connectivity index (χ1n) is 6.93. The molecular weight excluding hydrogens is 282 g/mol. The van der Waals surface area contributed by atoms with Crippen molar-refractivity contribution in [3.8, 4) is 0 Å². The van der Waals surface area contributed by atoms with Gasteiger partial charge >= 0.3 is 17.7 Å². The highest BCUT2D eigenvalue weighted by molar-refractivity contribution is 5.80. The molecule has 124 valence electrons. The largest absolute Gasteiger partial charge is 0.477 e. The van der Waals surface area contributed by atoms with E-state index in [2.05, 4.69) is 5.32 Å². The molecule has 0 rings (SSSR count). The first-order valence-corrected chi connectivity index (χ1v) is 6.93. The lowest BCUT2D eigenvalue weighted by Gasteiger charge is -2.44. The molecule has 1 amide bonds. The number of carbonyl (C=O) groups is 2. The lowest BCUT2D eigenvalue weighted by atomic mass is 10.1. The molecule has 8 nitrogen and oxygen atoms in total. The molecule has 0 aliphatic heterocycles. The number of amides is 1. The highest BCUT2D eigenvalue weighted by Crippen LogP contribution is 2.32. The molecule has 0 saturated heterocycles. The van der Waals surface area contributed by atoms with E-state index in [9.17, 15) is 14.7 Å². The molecule has 0 saturated carbocycles. The molecule has 8 heteroatoms. The van der Waals surface area contributed by atoms with Crippen LogP contribution in [0, 0.1) is 0 Å². The number of hydrogen-bond acceptors (Lipinski definition) is 6. The third-order valence-electron chi connectivity index (χ3n) is 2.45. The summed E-state index contributed by atoms with van der Waals surface area (Å²) in [7, 11) is 0. The van der Waals surface area contributed by atoms with E-state index < -0.39 is 23.6 Å². The van der Waals surface area contributed by atoms with Crippen molar-refractivity contribution in [3.05, 3.63) is 0 Å². The van der Waals surface area contributed by atoms with Gasteiger partial charge in [0.1, 0.15) is 0 Å². The van der Waals surface area contributed by atoms with Crippen molar-refractivity contribution < 1.29 is 33.6 Å². The van der Waals surface area contributed by atoms with Crippen molar-refractivity contribution >= 4 is 11.9 Å². The van der Waals surface area contributed by atoms with Gasteiger partial charge in [-0.1, -0.05) is 0 Å². The zero-order valence-corrected chi connectivity index (χ0v) is 13.2. The molecule has 0 unspecified atom stereocenters. The fourth-order valence-electron chi connectivity index (χ4n) is 1.93. The average Bonchev–Trinajstić information content (AvgIpc) is 2.37. The van der Waals surface area contributed by atoms with Crippen molar-refractivity contribution in [2.24, 2.45) is 0 Å². The summed E-state index contributed by atoms with van der Waals surface area (Å²) in [6, 6.07) is 0. The van der Waals surface area contributed by atoms with Crippen LogP contribution in [0.25, 0.3) is 0 Å². The normalized spacial score (nSPS) is 12.2. The van der Waals surface area contributed by atoms with E-state index in [-0.39, 0.29) is 26.4 Å². The van der Waals surface area contributed by atoms with E-state index in [0.29, 0.717) is 0 Å². The number of rotatable bonds is 11. The Kier molecular flexibility index (Phi) is 8.41. The van der Waals surface area contributed by atoms with Crippen LogP contribution in [0.4, 0.5) is 0 Å². The molecule has 0 fully saturated rings. The Morgan fingerprint density at radius 3 is 1.52 bits per heavy atom. The minimum atomic E-state index is -2.31. The number of ether oxygens (including phenoxy) is 4. The fourth-order valence-corrected chi connectivity index (χ4v) is 1.93. The first kappa shape index (κ1) is 19.8. The van der Waals surface area contributed by atoms with E-state index in [4.69, 9.17) is 18.9 Å². The second kappa shape index (κ2) is 8.93. The van der Waals surface area contributed by atoms with E-state index in [1.54, 1.807) is 27.7 Å². The number of carbonyl (C=O) groups excluding carboxylic acids is 1. The maximum absolute atomic E-state index is 11.8. The van der Waals surface area contributed by atoms with Crippen LogP contribution in [0.5, 0.6) is 0 Å². The van der Waals surface area contributed by atoms with Gasteiger partial charge in [0.2, 0.25) is 5.91 Å². The van der Waals surface area contributed by atoms with Gasteiger partial charge in [-0.3, -0.25) is 10.1 Å². The van der Waals surface area contributed by atoms with Gasteiger partial charge < -0.3 is 24.1 Å². The van der Waals surface area contributed by atoms with Gasteiger partial charge in [-0.15, -0.1) is 0 Å². The van der Waals surface area contributed by atoms with Crippen LogP contribution in [0.1, 0.15) is 34.6 Å². The van der Waals surface area contributed by atoms with Gasteiger partial charge in [-0.05, 0) is 27.7 Å². The summed E-state index contributed by atoms with van der Waals surface area (Å²) < 4.78 is 21.5. The zero-order chi connectivity index (χ0) is 16.5. The Morgan fingerprint density at radius 1 is 0.905 bits per heavy atom. The lowest BCUT2D eigenvalue weighted by Crippen LogP contribution is -2.72. The van der Waals surface area contributed by atoms with Crippen LogP contribution in [0.2, 0.25) is 0 Å². The molecule has 0 heterocycles. The van der Waals surface area contributed by atoms with Crippen molar-refractivity contribution in [3.63, 3.8) is 0 Å². The molecule has 0 radical (unpaired) electrons. The van der Waals surface area contributed by atoms with Gasteiger partial charge in [-0.2, -0.15) is 0 Å². The molecule has 21 heavy (non-hydrogen) atoms. The lowest BCUT2D eigenvalue weighted by molar-refractivity contribution is -0.401. The Labute approximate surface area is 124 Å². The van der Waals surface area contributed by atoms with E-state index >= 15 is 0 Å². The van der Waals surface area contributed by atoms with Gasteiger partial charge in [0.15, 0.2) is 0 Å². The Balaban J connectivity index is 6.03. The summed E-state index contributed by atoms with van der Waals surface area (Å²) in [4.78, 5) is 23.3. The van der Waals surface area contributed by atoms with Crippen molar-refractivity contribution in [2.75, 3.05) is 26.4 Å². The number of carboxylic acids is 1. The summed E-state index contributed by atoms with van der Waals surface area (Å²) in [6.07, 6.45) is 0. The second-order valence-corrected chi connectivity index (χ2v) is 3.95. The van der Waals surface area contributed by atoms with Crippen LogP contribution in [-0.2, 0) is 28.5 Å². The zero-order valence-electron chi connectivity index (χ0n) is 13.2. The fraction of sp³-hybridized carbons (Fsp3) is 0.846. The topological polar surface area (TPSA) is 103 Å².